The fraction of sp³-hybridized carbons (Fsp3) is 0.607. The van der Waals surface area contributed by atoms with E-state index in [0.29, 0.717) is 42.5 Å². The number of piperidine rings is 1. The maximum atomic E-state index is 13.9. The summed E-state index contributed by atoms with van der Waals surface area (Å²) in [5.74, 6) is 1.23. The van der Waals surface area contributed by atoms with E-state index in [0.717, 1.165) is 31.2 Å². The number of anilines is 1. The summed E-state index contributed by atoms with van der Waals surface area (Å²) < 4.78 is 18.0. The molecule has 3 rings (SSSR count). The lowest BCUT2D eigenvalue weighted by Gasteiger charge is -2.43. The van der Waals surface area contributed by atoms with Crippen molar-refractivity contribution in [1.82, 2.24) is 14.9 Å². The lowest BCUT2D eigenvalue weighted by molar-refractivity contribution is 0.0485. The number of ether oxygens (including phenoxy) is 2. The van der Waals surface area contributed by atoms with Gasteiger partial charge in [0, 0.05) is 30.7 Å². The van der Waals surface area contributed by atoms with Gasteiger partial charge >= 0.3 is 0 Å². The van der Waals surface area contributed by atoms with E-state index in [9.17, 15) is 4.79 Å². The molecule has 1 aliphatic rings. The van der Waals surface area contributed by atoms with E-state index in [2.05, 4.69) is 50.8 Å². The van der Waals surface area contributed by atoms with Gasteiger partial charge in [-0.25, -0.2) is 9.97 Å². The first-order chi connectivity index (χ1) is 17.5. The number of methoxy groups -OCH3 is 1. The number of aromatic nitrogens is 2. The molecule has 2 aromatic rings. The summed E-state index contributed by atoms with van der Waals surface area (Å²) >= 11 is 0. The highest BCUT2D eigenvalue weighted by molar-refractivity contribution is 6.74. The Kier molecular flexibility index (Phi) is 9.58. The van der Waals surface area contributed by atoms with Gasteiger partial charge in [-0.05, 0) is 54.9 Å². The molecule has 9 heteroatoms. The highest BCUT2D eigenvalue weighted by Crippen LogP contribution is 2.39. The van der Waals surface area contributed by atoms with Crippen LogP contribution in [0.5, 0.6) is 11.5 Å². The number of amides is 1. The number of carbonyl (C=O) groups excluding carboxylic acids is 1. The molecule has 1 aliphatic heterocycles. The zero-order valence-electron chi connectivity index (χ0n) is 23.5. The molecule has 0 radical (unpaired) electrons. The van der Waals surface area contributed by atoms with E-state index in [1.807, 2.05) is 17.3 Å². The second-order valence-electron chi connectivity index (χ2n) is 11.4. The Hall–Kier alpha value is -2.65. The Morgan fingerprint density at radius 1 is 1.19 bits per heavy atom. The Balaban J connectivity index is 1.87. The largest absolute Gasteiger partial charge is 0.493 e. The Bertz CT molecular complexity index is 1040. The number of hydrogen-bond donors (Lipinski definition) is 1. The Morgan fingerprint density at radius 2 is 1.89 bits per heavy atom. The molecule has 0 spiro atoms. The molecular weight excluding hydrogens is 484 g/mol. The van der Waals surface area contributed by atoms with E-state index < -0.39 is 8.32 Å². The van der Waals surface area contributed by atoms with Gasteiger partial charge in [0.15, 0.2) is 19.8 Å². The van der Waals surface area contributed by atoms with Gasteiger partial charge in [-0.1, -0.05) is 34.1 Å². The third-order valence-electron chi connectivity index (χ3n) is 7.79. The highest BCUT2D eigenvalue weighted by atomic mass is 28.4. The fourth-order valence-electron chi connectivity index (χ4n) is 4.34. The Labute approximate surface area is 223 Å². The molecule has 204 valence electrons. The van der Waals surface area contributed by atoms with Crippen LogP contribution in [-0.2, 0) is 4.43 Å². The van der Waals surface area contributed by atoms with Crippen molar-refractivity contribution in [3.8, 4) is 11.5 Å². The van der Waals surface area contributed by atoms with E-state index in [1.54, 1.807) is 25.6 Å². The molecule has 1 fully saturated rings. The number of benzene rings is 1. The average molecular weight is 529 g/mol. The van der Waals surface area contributed by atoms with Crippen molar-refractivity contribution in [3.05, 3.63) is 42.0 Å². The van der Waals surface area contributed by atoms with Crippen LogP contribution in [0.1, 0.15) is 75.2 Å². The Morgan fingerprint density at radius 3 is 2.51 bits per heavy atom. The standard InChI is InChI=1S/C28H44N4O4Si/c1-8-9-12-35-26-15-24(29)23(14-25(26)34-5)27(33)32-11-10-20(21-16-30-19-31-17-21)13-22(32)18-36-37(6,7)28(2,3)4/h14-17,19-20,22H,8-13,18,29H2,1-7H3/t20?,22-/m0/s1. The first-order valence-corrected chi connectivity index (χ1v) is 16.2. The predicted octanol–water partition coefficient (Wildman–Crippen LogP) is 5.66. The number of likely N-dealkylation sites (tertiary alicyclic amines) is 1. The first-order valence-electron chi connectivity index (χ1n) is 13.3. The highest BCUT2D eigenvalue weighted by Gasteiger charge is 2.40. The summed E-state index contributed by atoms with van der Waals surface area (Å²) in [5, 5.41) is 0.0780. The molecule has 8 nitrogen and oxygen atoms in total. The van der Waals surface area contributed by atoms with E-state index >= 15 is 0 Å². The van der Waals surface area contributed by atoms with Gasteiger partial charge in [0.2, 0.25) is 0 Å². The summed E-state index contributed by atoms with van der Waals surface area (Å²) in [4.78, 5) is 24.3. The molecule has 1 aromatic heterocycles. The maximum absolute atomic E-state index is 13.9. The summed E-state index contributed by atoms with van der Waals surface area (Å²) in [7, 11) is -0.428. The average Bonchev–Trinajstić information content (AvgIpc) is 2.87. The molecule has 37 heavy (non-hydrogen) atoms. The number of carbonyl (C=O) groups is 1. The van der Waals surface area contributed by atoms with Crippen molar-refractivity contribution >= 4 is 19.9 Å². The van der Waals surface area contributed by atoms with Gasteiger partial charge in [-0.2, -0.15) is 0 Å². The van der Waals surface area contributed by atoms with Crippen LogP contribution in [0.25, 0.3) is 0 Å². The summed E-state index contributed by atoms with van der Waals surface area (Å²) in [5.41, 5.74) is 8.31. The number of rotatable bonds is 10. The van der Waals surface area contributed by atoms with Crippen molar-refractivity contribution in [3.63, 3.8) is 0 Å². The molecule has 2 heterocycles. The fourth-order valence-corrected chi connectivity index (χ4v) is 5.38. The summed E-state index contributed by atoms with van der Waals surface area (Å²) in [6, 6.07) is 3.32. The minimum Gasteiger partial charge on any atom is -0.493 e. The molecular formula is C28H44N4O4Si. The smallest absolute Gasteiger partial charge is 0.256 e. The molecule has 2 N–H and O–H groups in total. The number of unbranched alkanes of at least 4 members (excludes halogenated alkanes) is 1. The normalized spacial score (nSPS) is 18.5. The lowest BCUT2D eigenvalue weighted by atomic mass is 9.86. The van der Waals surface area contributed by atoms with Gasteiger partial charge in [-0.3, -0.25) is 4.79 Å². The third-order valence-corrected chi connectivity index (χ3v) is 12.3. The first kappa shape index (κ1) is 28.9. The lowest BCUT2D eigenvalue weighted by Crippen LogP contribution is -2.51. The van der Waals surface area contributed by atoms with Crippen molar-refractivity contribution < 1.29 is 18.7 Å². The van der Waals surface area contributed by atoms with Crippen LogP contribution < -0.4 is 15.2 Å². The maximum Gasteiger partial charge on any atom is 0.256 e. The van der Waals surface area contributed by atoms with E-state index in [4.69, 9.17) is 19.6 Å². The van der Waals surface area contributed by atoms with Crippen molar-refractivity contribution in [1.29, 1.82) is 0 Å². The van der Waals surface area contributed by atoms with Gasteiger partial charge in [0.05, 0.1) is 31.9 Å². The zero-order valence-corrected chi connectivity index (χ0v) is 24.5. The molecule has 0 aliphatic carbocycles. The molecule has 1 saturated heterocycles. The van der Waals surface area contributed by atoms with Gasteiger partial charge in [0.25, 0.3) is 5.91 Å². The van der Waals surface area contributed by atoms with Crippen LogP contribution in [0.15, 0.2) is 30.9 Å². The van der Waals surface area contributed by atoms with E-state index in [1.165, 1.54) is 0 Å². The predicted molar refractivity (Wildman–Crippen MR) is 150 cm³/mol. The van der Waals surface area contributed by atoms with Crippen LogP contribution in [0.4, 0.5) is 5.69 Å². The second kappa shape index (κ2) is 12.3. The quantitative estimate of drug-likeness (QED) is 0.241. The van der Waals surface area contributed by atoms with Crippen LogP contribution in [0.2, 0.25) is 18.1 Å². The topological polar surface area (TPSA) is 99.8 Å². The minimum atomic E-state index is -2.01. The number of nitrogen functional groups attached to an aromatic ring is 1. The van der Waals surface area contributed by atoms with Crippen molar-refractivity contribution in [2.75, 3.05) is 32.6 Å². The van der Waals surface area contributed by atoms with Crippen LogP contribution >= 0.6 is 0 Å². The molecule has 1 aromatic carbocycles. The number of nitrogens with zero attached hydrogens (tertiary/aromatic N) is 3. The second-order valence-corrected chi connectivity index (χ2v) is 16.2. The number of hydrogen-bond acceptors (Lipinski definition) is 7. The van der Waals surface area contributed by atoms with Crippen molar-refractivity contribution in [2.45, 2.75) is 83.5 Å². The van der Waals surface area contributed by atoms with Crippen LogP contribution in [0.3, 0.4) is 0 Å². The monoisotopic (exact) mass is 528 g/mol. The summed E-state index contributed by atoms with van der Waals surface area (Å²) in [6.45, 7) is 14.9. The molecule has 1 unspecified atom stereocenters. The van der Waals surface area contributed by atoms with Crippen LogP contribution in [-0.4, -0.2) is 62.0 Å². The van der Waals surface area contributed by atoms with Gasteiger partial charge in [0.1, 0.15) is 6.33 Å². The van der Waals surface area contributed by atoms with Gasteiger partial charge < -0.3 is 24.5 Å². The third kappa shape index (κ3) is 7.01. The van der Waals surface area contributed by atoms with E-state index in [-0.39, 0.29) is 22.9 Å². The molecule has 2 atom stereocenters. The molecule has 0 bridgehead atoms. The minimum absolute atomic E-state index is 0.0780. The SMILES string of the molecule is CCCCOc1cc(N)c(C(=O)N2CCC(c3cncnc3)C[C@H]2CO[Si](C)(C)C(C)(C)C)cc1OC. The zero-order chi connectivity index (χ0) is 27.2. The number of nitrogens with two attached hydrogens (primary N) is 1. The van der Waals surface area contributed by atoms with Crippen molar-refractivity contribution in [2.24, 2.45) is 0 Å². The molecule has 1 amide bonds. The molecule has 0 saturated carbocycles. The summed E-state index contributed by atoms with van der Waals surface area (Å²) in [6.07, 6.45) is 8.86. The van der Waals surface area contributed by atoms with Crippen LogP contribution in [0, 0.1) is 0 Å². The van der Waals surface area contributed by atoms with Gasteiger partial charge in [-0.15, -0.1) is 0 Å².